The van der Waals surface area contributed by atoms with E-state index in [1.807, 2.05) is 0 Å². The molecule has 0 radical (unpaired) electrons. The Labute approximate surface area is 202 Å². The second kappa shape index (κ2) is 10.9. The molecule has 2 N–H and O–H groups in total. The van der Waals surface area contributed by atoms with Crippen LogP contribution in [0.2, 0.25) is 0 Å². The molecule has 2 aromatic heterocycles. The number of amides is 3. The quantitative estimate of drug-likeness (QED) is 0.502. The summed E-state index contributed by atoms with van der Waals surface area (Å²) in [6.45, 7) is 1.69. The number of hydrogen-bond acceptors (Lipinski definition) is 5. The lowest BCUT2D eigenvalue weighted by Gasteiger charge is -2.30. The number of nitrogens with one attached hydrogen (secondary N) is 2. The third-order valence-corrected chi connectivity index (χ3v) is 5.93. The fourth-order valence-electron chi connectivity index (χ4n) is 4.19. The number of carbonyl (C=O) groups is 3. The van der Waals surface area contributed by atoms with Crippen LogP contribution in [0.3, 0.4) is 0 Å². The number of aryl methyl sites for hydroxylation is 1. The van der Waals surface area contributed by atoms with Crippen molar-refractivity contribution in [1.82, 2.24) is 15.2 Å². The van der Waals surface area contributed by atoms with Crippen LogP contribution >= 0.6 is 0 Å². The Morgan fingerprint density at radius 2 is 1.86 bits per heavy atom. The average Bonchev–Trinajstić information content (AvgIpc) is 3.52. The second-order valence-corrected chi connectivity index (χ2v) is 8.60. The summed E-state index contributed by atoms with van der Waals surface area (Å²) in [6.07, 6.45) is 6.92. The van der Waals surface area contributed by atoms with E-state index in [4.69, 9.17) is 4.42 Å². The monoisotopic (exact) mass is 478 g/mol. The molecule has 0 aliphatic heterocycles. The summed E-state index contributed by atoms with van der Waals surface area (Å²) < 4.78 is 19.0. The van der Waals surface area contributed by atoms with Crippen LogP contribution in [0.15, 0.2) is 65.3 Å². The summed E-state index contributed by atoms with van der Waals surface area (Å²) in [6, 6.07) is 10.7. The predicted octanol–water partition coefficient (Wildman–Crippen LogP) is 3.89. The summed E-state index contributed by atoms with van der Waals surface area (Å²) in [5, 5.41) is 5.50. The highest BCUT2D eigenvalue weighted by Gasteiger charge is 2.38. The summed E-state index contributed by atoms with van der Waals surface area (Å²) in [7, 11) is 0. The number of hydrogen-bond donors (Lipinski definition) is 2. The van der Waals surface area contributed by atoms with E-state index in [9.17, 15) is 18.8 Å². The van der Waals surface area contributed by atoms with Crippen LogP contribution in [0, 0.1) is 12.7 Å². The van der Waals surface area contributed by atoms with E-state index >= 15 is 0 Å². The molecule has 4 rings (SSSR count). The first-order chi connectivity index (χ1) is 16.9. The minimum absolute atomic E-state index is 0.00412. The van der Waals surface area contributed by atoms with E-state index < -0.39 is 29.6 Å². The Morgan fingerprint density at radius 3 is 2.49 bits per heavy atom. The van der Waals surface area contributed by atoms with Gasteiger partial charge in [0.05, 0.1) is 0 Å². The van der Waals surface area contributed by atoms with Crippen LogP contribution in [0.5, 0.6) is 0 Å². The number of halogens is 1. The van der Waals surface area contributed by atoms with Crippen LogP contribution in [-0.2, 0) is 20.9 Å². The zero-order valence-corrected chi connectivity index (χ0v) is 19.4. The molecule has 3 amide bonds. The molecule has 1 fully saturated rings. The van der Waals surface area contributed by atoms with Gasteiger partial charge in [0.2, 0.25) is 0 Å². The molecule has 1 aliphatic carbocycles. The van der Waals surface area contributed by atoms with E-state index in [0.717, 1.165) is 25.7 Å². The fraction of sp³-hybridized carbons (Fsp3) is 0.308. The lowest BCUT2D eigenvalue weighted by Crippen LogP contribution is -2.48. The molecular weight excluding hydrogens is 451 g/mol. The first-order valence-corrected chi connectivity index (χ1v) is 11.5. The van der Waals surface area contributed by atoms with E-state index in [2.05, 4.69) is 15.6 Å². The van der Waals surface area contributed by atoms with Crippen LogP contribution in [-0.4, -0.2) is 33.6 Å². The van der Waals surface area contributed by atoms with Gasteiger partial charge in [-0.2, -0.15) is 0 Å². The molecule has 0 bridgehead atoms. The molecule has 1 atom stereocenters. The zero-order chi connectivity index (χ0) is 24.8. The maximum Gasteiger partial charge on any atom is 0.313 e. The van der Waals surface area contributed by atoms with Crippen molar-refractivity contribution < 1.29 is 23.2 Å². The van der Waals surface area contributed by atoms with Crippen molar-refractivity contribution in [2.45, 2.75) is 51.2 Å². The second-order valence-electron chi connectivity index (χ2n) is 8.60. The Balaban J connectivity index is 1.66. The molecule has 8 nitrogen and oxygen atoms in total. The summed E-state index contributed by atoms with van der Waals surface area (Å²) in [5.74, 6) is -1.95. The van der Waals surface area contributed by atoms with Gasteiger partial charge in [-0.15, -0.1) is 0 Å². The average molecular weight is 479 g/mol. The summed E-state index contributed by atoms with van der Waals surface area (Å²) >= 11 is 0. The minimum atomic E-state index is -1.17. The number of pyridine rings is 1. The molecule has 2 heterocycles. The summed E-state index contributed by atoms with van der Waals surface area (Å²) in [5.41, 5.74) is 0.893. The smallest absolute Gasteiger partial charge is 0.313 e. The van der Waals surface area contributed by atoms with E-state index in [-0.39, 0.29) is 24.0 Å². The number of nitrogens with zero attached hydrogens (tertiary/aromatic N) is 2. The van der Waals surface area contributed by atoms with Crippen molar-refractivity contribution in [3.05, 3.63) is 83.8 Å². The van der Waals surface area contributed by atoms with Crippen LogP contribution < -0.4 is 10.6 Å². The van der Waals surface area contributed by atoms with Gasteiger partial charge in [0.25, 0.3) is 5.91 Å². The van der Waals surface area contributed by atoms with Gasteiger partial charge >= 0.3 is 11.8 Å². The van der Waals surface area contributed by atoms with Gasteiger partial charge < -0.3 is 20.0 Å². The highest BCUT2D eigenvalue weighted by molar-refractivity contribution is 6.39. The molecule has 0 unspecified atom stereocenters. The van der Waals surface area contributed by atoms with Crippen molar-refractivity contribution in [3.8, 4) is 0 Å². The SMILES string of the molecule is Cc1ccc([C@H](C(=O)NC2CCCC2)N(Cc2cccnc2)C(=O)C(=O)Nc2ccc(F)cc2)o1. The van der Waals surface area contributed by atoms with Gasteiger partial charge in [-0.3, -0.25) is 19.4 Å². The predicted molar refractivity (Wildman–Crippen MR) is 126 cm³/mol. The van der Waals surface area contributed by atoms with Gasteiger partial charge in [-0.25, -0.2) is 4.39 Å². The van der Waals surface area contributed by atoms with E-state index in [1.165, 1.54) is 29.2 Å². The molecule has 0 saturated heterocycles. The number of carbonyl (C=O) groups excluding carboxylic acids is 3. The number of benzene rings is 1. The highest BCUT2D eigenvalue weighted by Crippen LogP contribution is 2.27. The first-order valence-electron chi connectivity index (χ1n) is 11.5. The van der Waals surface area contributed by atoms with Gasteiger partial charge in [0, 0.05) is 30.7 Å². The molecule has 0 spiro atoms. The first kappa shape index (κ1) is 24.1. The normalized spacial score (nSPS) is 14.3. The Morgan fingerprint density at radius 1 is 1.11 bits per heavy atom. The Hall–Kier alpha value is -4.01. The van der Waals surface area contributed by atoms with Crippen LogP contribution in [0.25, 0.3) is 0 Å². The maximum absolute atomic E-state index is 13.5. The third kappa shape index (κ3) is 6.11. The largest absolute Gasteiger partial charge is 0.464 e. The molecule has 35 heavy (non-hydrogen) atoms. The molecule has 1 aliphatic rings. The van der Waals surface area contributed by atoms with Gasteiger partial charge in [-0.05, 0) is 67.8 Å². The number of furan rings is 1. The van der Waals surface area contributed by atoms with Gasteiger partial charge in [0.15, 0.2) is 6.04 Å². The molecule has 3 aromatic rings. The Bertz CT molecular complexity index is 1170. The molecular formula is C26H27FN4O4. The van der Waals surface area contributed by atoms with Crippen molar-refractivity contribution in [2.24, 2.45) is 0 Å². The van der Waals surface area contributed by atoms with Crippen molar-refractivity contribution in [1.29, 1.82) is 0 Å². The van der Waals surface area contributed by atoms with E-state index in [0.29, 0.717) is 11.3 Å². The maximum atomic E-state index is 13.5. The van der Waals surface area contributed by atoms with Gasteiger partial charge in [0.1, 0.15) is 17.3 Å². The third-order valence-electron chi connectivity index (χ3n) is 5.93. The Kier molecular flexibility index (Phi) is 7.54. The van der Waals surface area contributed by atoms with Gasteiger partial charge in [-0.1, -0.05) is 18.9 Å². The van der Waals surface area contributed by atoms with Crippen molar-refractivity contribution in [2.75, 3.05) is 5.32 Å². The van der Waals surface area contributed by atoms with Crippen LogP contribution in [0.4, 0.5) is 10.1 Å². The number of anilines is 1. The number of aromatic nitrogens is 1. The lowest BCUT2D eigenvalue weighted by atomic mass is 10.1. The standard InChI is InChI=1S/C26H27FN4O4/c1-17-8-13-22(35-17)23(24(32)29-20-6-2-3-7-20)31(16-18-5-4-14-28-15-18)26(34)25(33)30-21-11-9-19(27)10-12-21/h4-5,8-15,20,23H,2-3,6-7,16H2,1H3,(H,29,32)(H,30,33)/t23-/m1/s1. The molecule has 1 aromatic carbocycles. The molecule has 1 saturated carbocycles. The van der Waals surface area contributed by atoms with Crippen LogP contribution in [0.1, 0.15) is 48.8 Å². The van der Waals surface area contributed by atoms with E-state index in [1.54, 1.807) is 43.6 Å². The summed E-state index contributed by atoms with van der Waals surface area (Å²) in [4.78, 5) is 45.2. The minimum Gasteiger partial charge on any atom is -0.464 e. The molecule has 9 heteroatoms. The van der Waals surface area contributed by atoms with Crippen molar-refractivity contribution in [3.63, 3.8) is 0 Å². The highest BCUT2D eigenvalue weighted by atomic mass is 19.1. The fourth-order valence-corrected chi connectivity index (χ4v) is 4.19. The van der Waals surface area contributed by atoms with Crippen molar-refractivity contribution >= 4 is 23.4 Å². The zero-order valence-electron chi connectivity index (χ0n) is 19.4. The topological polar surface area (TPSA) is 105 Å². The molecule has 182 valence electrons. The number of rotatable bonds is 7. The lowest BCUT2D eigenvalue weighted by molar-refractivity contribution is -0.149.